The zero-order valence-corrected chi connectivity index (χ0v) is 15.8. The van der Waals surface area contributed by atoms with Crippen LogP contribution in [0, 0.1) is 0 Å². The summed E-state index contributed by atoms with van der Waals surface area (Å²) in [5, 5.41) is 12.7. The van der Waals surface area contributed by atoms with E-state index in [1.54, 1.807) is 41.8 Å². The minimum absolute atomic E-state index is 0.138. The van der Waals surface area contributed by atoms with Crippen molar-refractivity contribution in [3.63, 3.8) is 0 Å². The van der Waals surface area contributed by atoms with Crippen LogP contribution in [0.1, 0.15) is 0 Å². The average molecular weight is 400 g/mol. The van der Waals surface area contributed by atoms with Gasteiger partial charge in [-0.25, -0.2) is 0 Å². The molecule has 0 aliphatic carbocycles. The van der Waals surface area contributed by atoms with Crippen molar-refractivity contribution in [2.45, 2.75) is 5.16 Å². The molecule has 0 saturated heterocycles. The normalized spacial score (nSPS) is 11.2. The highest BCUT2D eigenvalue weighted by molar-refractivity contribution is 7.99. The fourth-order valence-electron chi connectivity index (χ4n) is 2.80. The highest BCUT2D eigenvalue weighted by Crippen LogP contribution is 2.22. The molecule has 7 nitrogen and oxygen atoms in total. The molecule has 2 heterocycles. The van der Waals surface area contributed by atoms with Crippen LogP contribution in [0.4, 0.5) is 5.69 Å². The monoisotopic (exact) mass is 399 g/mol. The fraction of sp³-hybridized carbons (Fsp3) is 0.111. The fourth-order valence-corrected chi connectivity index (χ4v) is 3.73. The van der Waals surface area contributed by atoms with Gasteiger partial charge < -0.3 is 5.32 Å². The van der Waals surface area contributed by atoms with Gasteiger partial charge in [0.05, 0.1) is 16.7 Å². The first kappa shape index (κ1) is 17.6. The molecule has 0 spiro atoms. The Labute approximate surface area is 163 Å². The summed E-state index contributed by atoms with van der Waals surface area (Å²) < 4.78 is 3.24. The van der Waals surface area contributed by atoms with Crippen molar-refractivity contribution in [3.8, 4) is 0 Å². The quantitative estimate of drug-likeness (QED) is 0.533. The molecule has 0 atom stereocenters. The third-order valence-corrected chi connectivity index (χ3v) is 5.20. The molecule has 0 saturated carbocycles. The number of hydrogen-bond acceptors (Lipinski definition) is 5. The number of halogens is 1. The summed E-state index contributed by atoms with van der Waals surface area (Å²) >= 11 is 7.18. The lowest BCUT2D eigenvalue weighted by molar-refractivity contribution is -0.113. The number of thioether (sulfide) groups is 1. The van der Waals surface area contributed by atoms with Crippen molar-refractivity contribution >= 4 is 51.6 Å². The molecule has 0 fully saturated rings. The summed E-state index contributed by atoms with van der Waals surface area (Å²) in [7, 11) is 1.65. The number of rotatable bonds is 4. The van der Waals surface area contributed by atoms with Gasteiger partial charge in [-0.15, -0.1) is 10.2 Å². The maximum absolute atomic E-state index is 12.4. The number of benzene rings is 2. The van der Waals surface area contributed by atoms with E-state index < -0.39 is 0 Å². The molecule has 4 rings (SSSR count). The summed E-state index contributed by atoms with van der Waals surface area (Å²) in [6.07, 6.45) is 0. The van der Waals surface area contributed by atoms with Gasteiger partial charge in [-0.1, -0.05) is 41.6 Å². The van der Waals surface area contributed by atoms with Gasteiger partial charge in [0.2, 0.25) is 11.7 Å². The predicted molar refractivity (Wildman–Crippen MR) is 107 cm³/mol. The van der Waals surface area contributed by atoms with E-state index in [4.69, 9.17) is 11.6 Å². The molecule has 27 heavy (non-hydrogen) atoms. The molecule has 136 valence electrons. The van der Waals surface area contributed by atoms with E-state index in [1.165, 1.54) is 16.3 Å². The molecule has 9 heteroatoms. The number of anilines is 1. The molecule has 2 aromatic heterocycles. The maximum Gasteiger partial charge on any atom is 0.262 e. The molecule has 4 aromatic rings. The zero-order chi connectivity index (χ0) is 19.0. The largest absolute Gasteiger partial charge is 0.325 e. The van der Waals surface area contributed by atoms with Crippen molar-refractivity contribution in [2.24, 2.45) is 7.05 Å². The summed E-state index contributed by atoms with van der Waals surface area (Å²) in [5.74, 6) is 0.384. The number of para-hydroxylation sites is 1. The van der Waals surface area contributed by atoms with E-state index in [9.17, 15) is 9.59 Å². The van der Waals surface area contributed by atoms with E-state index in [-0.39, 0.29) is 17.2 Å². The highest BCUT2D eigenvalue weighted by Gasteiger charge is 2.16. The van der Waals surface area contributed by atoms with Crippen molar-refractivity contribution in [2.75, 3.05) is 11.1 Å². The molecule has 0 aliphatic heterocycles. The lowest BCUT2D eigenvalue weighted by Crippen LogP contribution is -2.20. The number of aryl methyl sites for hydroxylation is 1. The van der Waals surface area contributed by atoms with Gasteiger partial charge in [0, 0.05) is 17.8 Å². The number of fused-ring (bicyclic) bond motifs is 3. The average Bonchev–Trinajstić information content (AvgIpc) is 3.09. The topological polar surface area (TPSA) is 81.3 Å². The minimum Gasteiger partial charge on any atom is -0.325 e. The molecule has 0 aliphatic rings. The van der Waals surface area contributed by atoms with Crippen LogP contribution in [0.25, 0.3) is 16.7 Å². The van der Waals surface area contributed by atoms with Crippen molar-refractivity contribution in [1.82, 2.24) is 19.2 Å². The number of nitrogens with zero attached hydrogens (tertiary/aromatic N) is 4. The van der Waals surface area contributed by atoms with E-state index >= 15 is 0 Å². The Balaban J connectivity index is 1.63. The Hall–Kier alpha value is -2.84. The van der Waals surface area contributed by atoms with E-state index in [2.05, 4.69) is 15.5 Å². The van der Waals surface area contributed by atoms with Gasteiger partial charge in [-0.05, 0) is 30.3 Å². The molecule has 0 unspecified atom stereocenters. The Kier molecular flexibility index (Phi) is 4.59. The van der Waals surface area contributed by atoms with E-state index in [0.717, 1.165) is 0 Å². The Morgan fingerprint density at radius 2 is 2.00 bits per heavy atom. The van der Waals surface area contributed by atoms with Gasteiger partial charge in [0.15, 0.2) is 5.16 Å². The number of hydrogen-bond donors (Lipinski definition) is 1. The number of carbonyl (C=O) groups excluding carboxylic acids is 1. The Bertz CT molecular complexity index is 1230. The van der Waals surface area contributed by atoms with Crippen LogP contribution in [0.5, 0.6) is 0 Å². The van der Waals surface area contributed by atoms with Crippen molar-refractivity contribution < 1.29 is 4.79 Å². The smallest absolute Gasteiger partial charge is 0.262 e. The standard InChI is InChI=1S/C18H14ClN5O2S/c1-23-16(26)13-7-2-3-8-14(13)24-17(23)21-22-18(24)27-10-15(25)20-12-6-4-5-11(19)9-12/h2-9H,10H2,1H3,(H,20,25). The minimum atomic E-state index is -0.187. The first-order valence-electron chi connectivity index (χ1n) is 8.05. The first-order valence-corrected chi connectivity index (χ1v) is 9.42. The van der Waals surface area contributed by atoms with Crippen LogP contribution >= 0.6 is 23.4 Å². The maximum atomic E-state index is 12.4. The lowest BCUT2D eigenvalue weighted by atomic mass is 10.2. The van der Waals surface area contributed by atoms with Gasteiger partial charge in [-0.2, -0.15) is 0 Å². The summed E-state index contributed by atoms with van der Waals surface area (Å²) in [4.78, 5) is 24.7. The van der Waals surface area contributed by atoms with Gasteiger partial charge >= 0.3 is 0 Å². The highest BCUT2D eigenvalue weighted by atomic mass is 35.5. The molecule has 0 bridgehead atoms. The van der Waals surface area contributed by atoms with Crippen LogP contribution in [-0.2, 0) is 11.8 Å². The second kappa shape index (κ2) is 7.05. The van der Waals surface area contributed by atoms with Crippen LogP contribution in [0.15, 0.2) is 58.5 Å². The Morgan fingerprint density at radius 3 is 2.81 bits per heavy atom. The van der Waals surface area contributed by atoms with Gasteiger partial charge in [-0.3, -0.25) is 18.6 Å². The van der Waals surface area contributed by atoms with Crippen LogP contribution in [0.2, 0.25) is 5.02 Å². The third-order valence-electron chi connectivity index (χ3n) is 4.04. The van der Waals surface area contributed by atoms with Gasteiger partial charge in [0.25, 0.3) is 5.56 Å². The van der Waals surface area contributed by atoms with Crippen molar-refractivity contribution in [3.05, 3.63) is 63.9 Å². The molecule has 0 radical (unpaired) electrons. The number of nitrogens with one attached hydrogen (secondary N) is 1. The molecular weight excluding hydrogens is 386 g/mol. The summed E-state index contributed by atoms with van der Waals surface area (Å²) in [6, 6.07) is 14.2. The predicted octanol–water partition coefficient (Wildman–Crippen LogP) is 2.97. The summed E-state index contributed by atoms with van der Waals surface area (Å²) in [5.41, 5.74) is 1.20. The van der Waals surface area contributed by atoms with Crippen LogP contribution < -0.4 is 10.9 Å². The van der Waals surface area contributed by atoms with Gasteiger partial charge in [0.1, 0.15) is 0 Å². The lowest BCUT2D eigenvalue weighted by Gasteiger charge is -2.08. The number of aromatic nitrogens is 4. The molecule has 1 amide bonds. The van der Waals surface area contributed by atoms with Crippen LogP contribution in [0.3, 0.4) is 0 Å². The third kappa shape index (κ3) is 3.29. The van der Waals surface area contributed by atoms with E-state index in [1.807, 2.05) is 18.2 Å². The molecule has 2 aromatic carbocycles. The summed E-state index contributed by atoms with van der Waals surface area (Å²) in [6.45, 7) is 0. The van der Waals surface area contributed by atoms with Crippen LogP contribution in [-0.4, -0.2) is 30.8 Å². The molecular formula is C18H14ClN5O2S. The van der Waals surface area contributed by atoms with E-state index in [0.29, 0.717) is 32.5 Å². The first-order chi connectivity index (χ1) is 13.0. The number of carbonyl (C=O) groups is 1. The number of amides is 1. The van der Waals surface area contributed by atoms with Crippen molar-refractivity contribution in [1.29, 1.82) is 0 Å². The molecule has 1 N–H and O–H groups in total. The second-order valence-corrected chi connectivity index (χ2v) is 7.23. The zero-order valence-electron chi connectivity index (χ0n) is 14.2. The SMILES string of the molecule is Cn1c(=O)c2ccccc2n2c(SCC(=O)Nc3cccc(Cl)c3)nnc12. The second-order valence-electron chi connectivity index (χ2n) is 5.85. The Morgan fingerprint density at radius 1 is 1.19 bits per heavy atom.